The van der Waals surface area contributed by atoms with Gasteiger partial charge in [0.25, 0.3) is 5.91 Å². The van der Waals surface area contributed by atoms with E-state index in [1.165, 1.54) is 0 Å². The highest BCUT2D eigenvalue weighted by atomic mass is 32.2. The van der Waals surface area contributed by atoms with Crippen LogP contribution in [0.15, 0.2) is 41.4 Å². The number of carbonyl (C=O) groups is 1. The highest BCUT2D eigenvalue weighted by Crippen LogP contribution is 2.44. The van der Waals surface area contributed by atoms with Crippen molar-refractivity contribution < 1.29 is 13.2 Å². The van der Waals surface area contributed by atoms with Gasteiger partial charge in [-0.15, -0.1) is 0 Å². The Kier molecular flexibility index (Phi) is 2.72. The quantitative estimate of drug-likeness (QED) is 0.780. The molecule has 7 heteroatoms. The second-order valence-corrected chi connectivity index (χ2v) is 7.95. The van der Waals surface area contributed by atoms with Crippen LogP contribution in [0, 0.1) is 0 Å². The van der Waals surface area contributed by atoms with Crippen molar-refractivity contribution in [2.45, 2.75) is 16.1 Å². The summed E-state index contributed by atoms with van der Waals surface area (Å²) in [5.41, 5.74) is 1.19. The van der Waals surface area contributed by atoms with Crippen molar-refractivity contribution in [3.8, 4) is 0 Å². The zero-order chi connectivity index (χ0) is 15.5. The van der Waals surface area contributed by atoms with E-state index in [-0.39, 0.29) is 18.4 Å². The molecule has 4 rings (SSSR count). The minimum Gasteiger partial charge on any atom is -0.335 e. The topological polar surface area (TPSA) is 72.3 Å². The summed E-state index contributed by atoms with van der Waals surface area (Å²) < 4.78 is 26.8. The zero-order valence-corrected chi connectivity index (χ0v) is 12.8. The first-order chi connectivity index (χ1) is 10.5. The maximum absolute atomic E-state index is 12.6. The van der Waals surface area contributed by atoms with E-state index in [1.807, 2.05) is 12.1 Å². The molecule has 0 spiro atoms. The monoisotopic (exact) mass is 317 g/mol. The summed E-state index contributed by atoms with van der Waals surface area (Å²) in [6.07, 6.45) is 1.70. The molecule has 1 saturated heterocycles. The normalized spacial score (nSPS) is 25.0. The smallest absolute Gasteiger partial charge is 0.274 e. The molecule has 0 bridgehead atoms. The van der Waals surface area contributed by atoms with Crippen molar-refractivity contribution in [1.82, 2.24) is 14.7 Å². The molecule has 6 nitrogen and oxygen atoms in total. The molecule has 0 saturated carbocycles. The van der Waals surface area contributed by atoms with Gasteiger partial charge in [-0.3, -0.25) is 9.48 Å². The first-order valence-corrected chi connectivity index (χ1v) is 8.65. The summed E-state index contributed by atoms with van der Waals surface area (Å²) in [6.45, 7) is 0.660. The van der Waals surface area contributed by atoms with Crippen LogP contribution in [0.5, 0.6) is 0 Å². The molecule has 0 radical (unpaired) electrons. The molecule has 1 amide bonds. The number of amides is 1. The summed E-state index contributed by atoms with van der Waals surface area (Å²) in [7, 11) is -1.60. The van der Waals surface area contributed by atoms with E-state index < -0.39 is 15.1 Å². The molecule has 114 valence electrons. The third-order valence-corrected chi connectivity index (χ3v) is 6.77. The van der Waals surface area contributed by atoms with E-state index in [0.717, 1.165) is 5.56 Å². The summed E-state index contributed by atoms with van der Waals surface area (Å²) in [6, 6.07) is 8.76. The third-order valence-electron chi connectivity index (χ3n) is 4.51. The van der Waals surface area contributed by atoms with Gasteiger partial charge in [-0.05, 0) is 17.7 Å². The van der Waals surface area contributed by atoms with Crippen LogP contribution in [0.4, 0.5) is 0 Å². The highest BCUT2D eigenvalue weighted by molar-refractivity contribution is 7.92. The van der Waals surface area contributed by atoms with E-state index in [4.69, 9.17) is 0 Å². The average Bonchev–Trinajstić information content (AvgIpc) is 3.16. The number of carbonyl (C=O) groups excluding carboxylic acids is 1. The lowest BCUT2D eigenvalue weighted by Crippen LogP contribution is -2.32. The maximum atomic E-state index is 12.6. The number of aryl methyl sites for hydroxylation is 1. The molecule has 2 aromatic rings. The van der Waals surface area contributed by atoms with E-state index in [9.17, 15) is 13.2 Å². The Balaban J connectivity index is 1.68. The van der Waals surface area contributed by atoms with Gasteiger partial charge in [0.15, 0.2) is 9.84 Å². The molecule has 3 heterocycles. The highest BCUT2D eigenvalue weighted by Gasteiger charge is 2.51. The Bertz CT molecular complexity index is 872. The van der Waals surface area contributed by atoms with E-state index in [1.54, 1.807) is 41.0 Å². The van der Waals surface area contributed by atoms with Crippen LogP contribution in [-0.4, -0.2) is 47.3 Å². The van der Waals surface area contributed by atoms with Crippen molar-refractivity contribution in [2.75, 3.05) is 13.1 Å². The summed E-state index contributed by atoms with van der Waals surface area (Å²) in [5, 5.41) is 3.58. The van der Waals surface area contributed by atoms with Crippen LogP contribution in [0.2, 0.25) is 0 Å². The van der Waals surface area contributed by atoms with Crippen LogP contribution in [0.3, 0.4) is 0 Å². The van der Waals surface area contributed by atoms with Gasteiger partial charge in [0, 0.05) is 32.3 Å². The van der Waals surface area contributed by atoms with Crippen LogP contribution < -0.4 is 0 Å². The van der Waals surface area contributed by atoms with Crippen molar-refractivity contribution in [3.63, 3.8) is 0 Å². The summed E-state index contributed by atoms with van der Waals surface area (Å²) in [5.74, 6) is -0.337. The number of hydrogen-bond acceptors (Lipinski definition) is 4. The number of aromatic nitrogens is 2. The van der Waals surface area contributed by atoms with Crippen LogP contribution in [0.1, 0.15) is 22.0 Å². The molecule has 0 aliphatic carbocycles. The number of fused-ring (bicyclic) bond motifs is 3. The maximum Gasteiger partial charge on any atom is 0.274 e. The van der Waals surface area contributed by atoms with Crippen molar-refractivity contribution in [1.29, 1.82) is 0 Å². The third kappa shape index (κ3) is 1.75. The number of rotatable bonds is 1. The zero-order valence-electron chi connectivity index (χ0n) is 12.0. The van der Waals surface area contributed by atoms with Crippen LogP contribution in [-0.2, 0) is 16.9 Å². The number of benzene rings is 1. The second kappa shape index (κ2) is 4.42. The van der Waals surface area contributed by atoms with Gasteiger partial charge in [0.1, 0.15) is 5.69 Å². The molecule has 0 unspecified atom stereocenters. The van der Waals surface area contributed by atoms with E-state index >= 15 is 0 Å². The van der Waals surface area contributed by atoms with Gasteiger partial charge >= 0.3 is 0 Å². The Morgan fingerprint density at radius 3 is 2.73 bits per heavy atom. The van der Waals surface area contributed by atoms with Crippen LogP contribution >= 0.6 is 0 Å². The average molecular weight is 317 g/mol. The minimum atomic E-state index is -3.35. The predicted molar refractivity (Wildman–Crippen MR) is 79.3 cm³/mol. The van der Waals surface area contributed by atoms with Crippen molar-refractivity contribution >= 4 is 15.7 Å². The largest absolute Gasteiger partial charge is 0.335 e. The lowest BCUT2D eigenvalue weighted by atomic mass is 9.99. The van der Waals surface area contributed by atoms with Gasteiger partial charge in [0.05, 0.1) is 10.1 Å². The minimum absolute atomic E-state index is 0.131. The van der Waals surface area contributed by atoms with Crippen LogP contribution in [0.25, 0.3) is 0 Å². The molecule has 22 heavy (non-hydrogen) atoms. The van der Waals surface area contributed by atoms with Crippen molar-refractivity contribution in [2.24, 2.45) is 7.05 Å². The van der Waals surface area contributed by atoms with Gasteiger partial charge < -0.3 is 4.90 Å². The molecule has 1 aromatic heterocycles. The predicted octanol–water partition coefficient (Wildman–Crippen LogP) is 0.816. The Labute approximate surface area is 128 Å². The lowest BCUT2D eigenvalue weighted by molar-refractivity contribution is 0.0784. The molecular formula is C15H15N3O3S. The fourth-order valence-electron chi connectivity index (χ4n) is 3.45. The summed E-state index contributed by atoms with van der Waals surface area (Å²) >= 11 is 0. The second-order valence-electron chi connectivity index (χ2n) is 5.81. The molecule has 1 fully saturated rings. The fraction of sp³-hybridized carbons (Fsp3) is 0.333. The first-order valence-electron chi connectivity index (χ1n) is 7.10. The first kappa shape index (κ1) is 13.5. The Morgan fingerprint density at radius 2 is 2.00 bits per heavy atom. The molecule has 0 N–H and O–H groups in total. The number of likely N-dealkylation sites (tertiary alicyclic amines) is 1. The van der Waals surface area contributed by atoms with E-state index in [0.29, 0.717) is 17.1 Å². The van der Waals surface area contributed by atoms with Gasteiger partial charge in [0.2, 0.25) is 0 Å². The van der Waals surface area contributed by atoms with Gasteiger partial charge in [-0.2, -0.15) is 5.10 Å². The number of nitrogens with zero attached hydrogens (tertiary/aromatic N) is 3. The van der Waals surface area contributed by atoms with Crippen molar-refractivity contribution in [3.05, 3.63) is 47.8 Å². The fourth-order valence-corrected chi connectivity index (χ4v) is 5.64. The Hall–Kier alpha value is -2.15. The molecule has 2 aliphatic heterocycles. The molecule has 1 aromatic carbocycles. The molecule has 2 atom stereocenters. The van der Waals surface area contributed by atoms with Gasteiger partial charge in [-0.25, -0.2) is 8.42 Å². The molecular weight excluding hydrogens is 302 g/mol. The lowest BCUT2D eigenvalue weighted by Gasteiger charge is -2.16. The number of sulfone groups is 1. The van der Waals surface area contributed by atoms with E-state index in [2.05, 4.69) is 5.10 Å². The number of hydrogen-bond donors (Lipinski definition) is 0. The SMILES string of the molecule is Cn1ccc(C(=O)N2C[C@@H]3c4ccccc4S(=O)(=O)[C@@H]3C2)n1. The van der Waals surface area contributed by atoms with Gasteiger partial charge in [-0.1, -0.05) is 18.2 Å². The molecule has 2 aliphatic rings. The standard InChI is InChI=1S/C15H15N3O3S/c1-17-7-6-12(16-17)15(19)18-8-11-10-4-2-3-5-13(10)22(20,21)14(11)9-18/h2-7,11,14H,8-9H2,1H3/t11-,14-/m1/s1. The summed E-state index contributed by atoms with van der Waals surface area (Å²) in [4.78, 5) is 14.5. The Morgan fingerprint density at radius 1 is 1.23 bits per heavy atom.